The van der Waals surface area contributed by atoms with Crippen molar-refractivity contribution in [3.8, 4) is 11.5 Å². The molecular formula is C29H25FN2O5S. The molecule has 0 spiro atoms. The van der Waals surface area contributed by atoms with Crippen LogP contribution in [-0.4, -0.2) is 35.0 Å². The molecule has 0 bridgehead atoms. The average Bonchev–Trinajstić information content (AvgIpc) is 3.45. The Labute approximate surface area is 222 Å². The first-order valence-electron chi connectivity index (χ1n) is 12.2. The van der Waals surface area contributed by atoms with E-state index in [2.05, 4.69) is 4.98 Å². The van der Waals surface area contributed by atoms with Gasteiger partial charge in [0.05, 0.1) is 35.0 Å². The number of amides is 1. The molecule has 1 fully saturated rings. The fourth-order valence-corrected chi connectivity index (χ4v) is 5.35. The molecule has 0 aliphatic carbocycles. The first kappa shape index (κ1) is 25.4. The van der Waals surface area contributed by atoms with Crippen LogP contribution in [0.4, 0.5) is 9.52 Å². The predicted octanol–water partition coefficient (Wildman–Crippen LogP) is 6.25. The van der Waals surface area contributed by atoms with Crippen molar-refractivity contribution in [2.24, 2.45) is 0 Å². The number of aliphatic hydroxyl groups excluding tert-OH is 1. The van der Waals surface area contributed by atoms with Gasteiger partial charge in [0.25, 0.3) is 5.78 Å². The highest BCUT2D eigenvalue weighted by atomic mass is 32.1. The molecule has 1 unspecified atom stereocenters. The molecule has 9 heteroatoms. The molecule has 1 aliphatic heterocycles. The lowest BCUT2D eigenvalue weighted by molar-refractivity contribution is -0.132. The number of carbonyl (C=O) groups excluding carboxylic acids is 2. The fraction of sp³-hybridized carbons (Fsp3) is 0.207. The number of aliphatic hydroxyl groups is 1. The highest BCUT2D eigenvalue weighted by Gasteiger charge is 2.48. The van der Waals surface area contributed by atoms with Gasteiger partial charge in [-0.15, -0.1) is 0 Å². The van der Waals surface area contributed by atoms with Crippen molar-refractivity contribution in [1.29, 1.82) is 0 Å². The molecule has 1 saturated heterocycles. The van der Waals surface area contributed by atoms with Gasteiger partial charge in [0.1, 0.15) is 23.1 Å². The van der Waals surface area contributed by atoms with Gasteiger partial charge in [-0.25, -0.2) is 9.37 Å². The first-order chi connectivity index (χ1) is 18.4. The number of halogens is 1. The summed E-state index contributed by atoms with van der Waals surface area (Å²) in [5, 5.41) is 11.6. The normalized spacial score (nSPS) is 16.8. The lowest BCUT2D eigenvalue weighted by Gasteiger charge is -2.23. The summed E-state index contributed by atoms with van der Waals surface area (Å²) in [6.45, 7) is 4.91. The predicted molar refractivity (Wildman–Crippen MR) is 144 cm³/mol. The van der Waals surface area contributed by atoms with Gasteiger partial charge in [0.15, 0.2) is 5.13 Å². The maximum Gasteiger partial charge on any atom is 0.301 e. The molecule has 1 N–H and O–H groups in total. The summed E-state index contributed by atoms with van der Waals surface area (Å²) in [6.07, 6.45) is 0.849. The SMILES string of the molecule is CCCOc1ccc(C2C(=C(O)c3ccc(OCC)cc3)C(=O)C(=O)N2c2nc3ccc(F)cc3s2)cc1. The third kappa shape index (κ3) is 4.72. The van der Waals surface area contributed by atoms with Crippen LogP contribution in [0.1, 0.15) is 37.4 Å². The van der Waals surface area contributed by atoms with Gasteiger partial charge in [0.2, 0.25) is 0 Å². The van der Waals surface area contributed by atoms with Gasteiger partial charge < -0.3 is 14.6 Å². The quantitative estimate of drug-likeness (QED) is 0.164. The molecule has 3 aromatic carbocycles. The number of rotatable bonds is 8. The summed E-state index contributed by atoms with van der Waals surface area (Å²) < 4.78 is 25.5. The van der Waals surface area contributed by atoms with Crippen LogP contribution in [0.3, 0.4) is 0 Å². The van der Waals surface area contributed by atoms with E-state index in [0.717, 1.165) is 17.8 Å². The molecular weight excluding hydrogens is 507 g/mol. The van der Waals surface area contributed by atoms with E-state index in [0.29, 0.717) is 46.1 Å². The van der Waals surface area contributed by atoms with E-state index >= 15 is 0 Å². The van der Waals surface area contributed by atoms with Crippen molar-refractivity contribution in [3.05, 3.63) is 89.2 Å². The van der Waals surface area contributed by atoms with Crippen molar-refractivity contribution in [2.75, 3.05) is 18.1 Å². The topological polar surface area (TPSA) is 89.0 Å². The Morgan fingerprint density at radius 2 is 1.68 bits per heavy atom. The number of anilines is 1. The molecule has 7 nitrogen and oxygen atoms in total. The Morgan fingerprint density at radius 3 is 2.37 bits per heavy atom. The number of nitrogens with zero attached hydrogens (tertiary/aromatic N) is 2. The monoisotopic (exact) mass is 532 g/mol. The number of fused-ring (bicyclic) bond motifs is 1. The summed E-state index contributed by atoms with van der Waals surface area (Å²) in [6, 6.07) is 16.9. The highest BCUT2D eigenvalue weighted by molar-refractivity contribution is 7.22. The van der Waals surface area contributed by atoms with Gasteiger partial charge >= 0.3 is 5.91 Å². The van der Waals surface area contributed by atoms with Crippen molar-refractivity contribution in [3.63, 3.8) is 0 Å². The molecule has 2 heterocycles. The minimum Gasteiger partial charge on any atom is -0.507 e. The summed E-state index contributed by atoms with van der Waals surface area (Å²) in [5.41, 5.74) is 1.39. The molecule has 4 aromatic rings. The molecule has 1 aromatic heterocycles. The summed E-state index contributed by atoms with van der Waals surface area (Å²) in [4.78, 5) is 32.6. The maximum absolute atomic E-state index is 13.8. The van der Waals surface area contributed by atoms with Gasteiger partial charge in [-0.3, -0.25) is 14.5 Å². The van der Waals surface area contributed by atoms with E-state index in [4.69, 9.17) is 9.47 Å². The van der Waals surface area contributed by atoms with Crippen molar-refractivity contribution in [2.45, 2.75) is 26.3 Å². The lowest BCUT2D eigenvalue weighted by Crippen LogP contribution is -2.29. The number of benzene rings is 3. The van der Waals surface area contributed by atoms with Crippen molar-refractivity contribution in [1.82, 2.24) is 4.98 Å². The molecule has 1 atom stereocenters. The second-order valence-corrected chi connectivity index (χ2v) is 9.66. The summed E-state index contributed by atoms with van der Waals surface area (Å²) in [7, 11) is 0. The van der Waals surface area contributed by atoms with Crippen LogP contribution in [0.2, 0.25) is 0 Å². The number of thiazole rings is 1. The number of aromatic nitrogens is 1. The smallest absolute Gasteiger partial charge is 0.301 e. The number of Topliss-reactive ketones (excluding diaryl/α,β-unsaturated/α-hetero) is 1. The lowest BCUT2D eigenvalue weighted by atomic mass is 9.95. The number of ketones is 1. The van der Waals surface area contributed by atoms with E-state index in [-0.39, 0.29) is 16.5 Å². The van der Waals surface area contributed by atoms with E-state index in [1.807, 2.05) is 13.8 Å². The molecule has 5 rings (SSSR count). The average molecular weight is 533 g/mol. The minimum absolute atomic E-state index is 0.0631. The van der Waals surface area contributed by atoms with Crippen LogP contribution in [0.15, 0.2) is 72.3 Å². The summed E-state index contributed by atoms with van der Waals surface area (Å²) in [5.74, 6) is -1.13. The van der Waals surface area contributed by atoms with Gasteiger partial charge in [-0.05, 0) is 73.5 Å². The van der Waals surface area contributed by atoms with Crippen LogP contribution in [-0.2, 0) is 9.59 Å². The number of ether oxygens (including phenoxy) is 2. The van der Waals surface area contributed by atoms with Crippen LogP contribution in [0, 0.1) is 5.82 Å². The summed E-state index contributed by atoms with van der Waals surface area (Å²) >= 11 is 1.10. The number of hydrogen-bond donors (Lipinski definition) is 1. The third-order valence-corrected chi connectivity index (χ3v) is 7.11. The first-order valence-corrected chi connectivity index (χ1v) is 13.1. The van der Waals surface area contributed by atoms with Crippen molar-refractivity contribution >= 4 is 44.1 Å². The molecule has 1 aliphatic rings. The zero-order valence-corrected chi connectivity index (χ0v) is 21.6. The van der Waals surface area contributed by atoms with Gasteiger partial charge in [-0.1, -0.05) is 30.4 Å². The molecule has 38 heavy (non-hydrogen) atoms. The van der Waals surface area contributed by atoms with E-state index in [1.54, 1.807) is 48.5 Å². The number of hydrogen-bond acceptors (Lipinski definition) is 7. The molecule has 0 radical (unpaired) electrons. The molecule has 0 saturated carbocycles. The number of carbonyl (C=O) groups is 2. The van der Waals surface area contributed by atoms with Gasteiger partial charge in [-0.2, -0.15) is 0 Å². The van der Waals surface area contributed by atoms with Crippen LogP contribution in [0.5, 0.6) is 11.5 Å². The maximum atomic E-state index is 13.8. The zero-order valence-electron chi connectivity index (χ0n) is 20.8. The molecule has 1 amide bonds. The second kappa shape index (κ2) is 10.6. The second-order valence-electron chi connectivity index (χ2n) is 8.65. The third-order valence-electron chi connectivity index (χ3n) is 6.10. The largest absolute Gasteiger partial charge is 0.507 e. The molecule has 194 valence electrons. The highest BCUT2D eigenvalue weighted by Crippen LogP contribution is 2.44. The van der Waals surface area contributed by atoms with Crippen molar-refractivity contribution < 1.29 is 28.6 Å². The van der Waals surface area contributed by atoms with Crippen LogP contribution in [0.25, 0.3) is 16.0 Å². The Kier molecular flexibility index (Phi) is 7.11. The van der Waals surface area contributed by atoms with Crippen LogP contribution < -0.4 is 14.4 Å². The van der Waals surface area contributed by atoms with E-state index in [1.165, 1.54) is 23.1 Å². The van der Waals surface area contributed by atoms with Crippen LogP contribution >= 0.6 is 11.3 Å². The van der Waals surface area contributed by atoms with E-state index in [9.17, 15) is 19.1 Å². The van der Waals surface area contributed by atoms with E-state index < -0.39 is 23.5 Å². The zero-order chi connectivity index (χ0) is 26.8. The Bertz CT molecular complexity index is 1530. The fourth-order valence-electron chi connectivity index (χ4n) is 4.33. The Morgan fingerprint density at radius 1 is 1.00 bits per heavy atom. The minimum atomic E-state index is -0.952. The van der Waals surface area contributed by atoms with Gasteiger partial charge in [0, 0.05) is 5.56 Å². The Balaban J connectivity index is 1.64. The standard InChI is InChI=1S/C29H25FN2O5S/c1-3-15-37-21-10-5-17(6-11-21)25-24(26(33)18-7-12-20(13-8-18)36-4-2)27(34)28(35)32(25)29-31-22-14-9-19(30)16-23(22)38-29/h5-14,16,25,33H,3-4,15H2,1-2H3. The Hall–Kier alpha value is -4.24.